The first-order valence-electron chi connectivity index (χ1n) is 7.14. The molecule has 0 fully saturated rings. The molecule has 0 spiro atoms. The lowest BCUT2D eigenvalue weighted by Gasteiger charge is -2.03. The van der Waals surface area contributed by atoms with E-state index < -0.39 is 0 Å². The summed E-state index contributed by atoms with van der Waals surface area (Å²) in [6, 6.07) is 7.01. The van der Waals surface area contributed by atoms with Crippen molar-refractivity contribution < 1.29 is 0 Å². The van der Waals surface area contributed by atoms with Crippen LogP contribution in [0.25, 0.3) is 11.3 Å². The predicted octanol–water partition coefficient (Wildman–Crippen LogP) is 2.85. The second kappa shape index (κ2) is 5.17. The Labute approximate surface area is 114 Å². The summed E-state index contributed by atoms with van der Waals surface area (Å²) in [5.74, 6) is 1.03. The average molecular weight is 255 g/mol. The molecule has 0 saturated heterocycles. The summed E-state index contributed by atoms with van der Waals surface area (Å²) >= 11 is 0. The first kappa shape index (κ1) is 12.4. The second-order valence-corrected chi connectivity index (χ2v) is 5.60. The highest BCUT2D eigenvalue weighted by Gasteiger charge is 2.12. The van der Waals surface area contributed by atoms with Crippen LogP contribution in [0.1, 0.15) is 36.7 Å². The van der Waals surface area contributed by atoms with E-state index in [4.69, 9.17) is 5.73 Å². The first-order valence-corrected chi connectivity index (χ1v) is 7.14. The molecule has 1 heterocycles. The molecule has 3 heteroatoms. The van der Waals surface area contributed by atoms with Crippen LogP contribution in [-0.2, 0) is 19.3 Å². The fraction of sp³-hybridized carbons (Fsp3) is 0.438. The number of benzene rings is 1. The van der Waals surface area contributed by atoms with Crippen molar-refractivity contribution in [2.24, 2.45) is 5.73 Å². The number of aryl methyl sites for hydroxylation is 3. The zero-order valence-electron chi connectivity index (χ0n) is 11.4. The molecule has 0 radical (unpaired) electrons. The molecule has 1 unspecified atom stereocenters. The van der Waals surface area contributed by atoms with Gasteiger partial charge in [0.05, 0.1) is 11.9 Å². The van der Waals surface area contributed by atoms with E-state index in [1.54, 1.807) is 0 Å². The number of aromatic amines is 1. The van der Waals surface area contributed by atoms with Crippen molar-refractivity contribution in [1.29, 1.82) is 0 Å². The highest BCUT2D eigenvalue weighted by atomic mass is 14.9. The maximum atomic E-state index is 5.78. The van der Waals surface area contributed by atoms with E-state index in [1.165, 1.54) is 36.0 Å². The highest BCUT2D eigenvalue weighted by molar-refractivity contribution is 5.61. The van der Waals surface area contributed by atoms with Gasteiger partial charge in [0.15, 0.2) is 0 Å². The molecule has 3 N–H and O–H groups in total. The largest absolute Gasteiger partial charge is 0.342 e. The lowest BCUT2D eigenvalue weighted by atomic mass is 10.0. The molecule has 1 aromatic heterocycles. The minimum absolute atomic E-state index is 0.230. The summed E-state index contributed by atoms with van der Waals surface area (Å²) < 4.78 is 0. The number of nitrogens with zero attached hydrogens (tertiary/aromatic N) is 1. The standard InChI is InChI=1S/C16H21N3/c1-11(17)5-8-16-18-10-15(19-16)14-7-6-12-3-2-4-13(12)9-14/h6-7,9-11H,2-5,8,17H2,1H3,(H,18,19). The smallest absolute Gasteiger partial charge is 0.106 e. The van der Waals surface area contributed by atoms with Gasteiger partial charge in [0.25, 0.3) is 0 Å². The Kier molecular flexibility index (Phi) is 3.38. The zero-order chi connectivity index (χ0) is 13.2. The molecule has 0 aliphatic heterocycles. The van der Waals surface area contributed by atoms with Crippen LogP contribution in [0.5, 0.6) is 0 Å². The van der Waals surface area contributed by atoms with Gasteiger partial charge in [0, 0.05) is 12.5 Å². The summed E-state index contributed by atoms with van der Waals surface area (Å²) in [7, 11) is 0. The first-order chi connectivity index (χ1) is 9.22. The summed E-state index contributed by atoms with van der Waals surface area (Å²) in [6.45, 7) is 2.03. The number of fused-ring (bicyclic) bond motifs is 1. The Morgan fingerprint density at radius 3 is 3.00 bits per heavy atom. The fourth-order valence-electron chi connectivity index (χ4n) is 2.74. The normalized spacial score (nSPS) is 15.5. The third-order valence-corrected chi connectivity index (χ3v) is 3.87. The van der Waals surface area contributed by atoms with Gasteiger partial charge < -0.3 is 10.7 Å². The van der Waals surface area contributed by atoms with E-state index in [1.807, 2.05) is 13.1 Å². The van der Waals surface area contributed by atoms with E-state index in [2.05, 4.69) is 28.2 Å². The molecule has 0 amide bonds. The number of rotatable bonds is 4. The number of H-pyrrole nitrogens is 1. The highest BCUT2D eigenvalue weighted by Crippen LogP contribution is 2.27. The Balaban J connectivity index is 1.79. The predicted molar refractivity (Wildman–Crippen MR) is 78.0 cm³/mol. The number of nitrogens with one attached hydrogen (secondary N) is 1. The van der Waals surface area contributed by atoms with E-state index in [0.29, 0.717) is 0 Å². The zero-order valence-corrected chi connectivity index (χ0v) is 11.4. The molecule has 0 saturated carbocycles. The van der Waals surface area contributed by atoms with Gasteiger partial charge in [-0.2, -0.15) is 0 Å². The van der Waals surface area contributed by atoms with Gasteiger partial charge >= 0.3 is 0 Å². The summed E-state index contributed by atoms with van der Waals surface area (Å²) in [5.41, 5.74) is 11.2. The van der Waals surface area contributed by atoms with Crippen LogP contribution in [0.3, 0.4) is 0 Å². The van der Waals surface area contributed by atoms with Crippen LogP contribution < -0.4 is 5.73 Å². The van der Waals surface area contributed by atoms with E-state index >= 15 is 0 Å². The third kappa shape index (κ3) is 2.71. The van der Waals surface area contributed by atoms with Crippen molar-refractivity contribution in [3.8, 4) is 11.3 Å². The minimum Gasteiger partial charge on any atom is -0.342 e. The van der Waals surface area contributed by atoms with Gasteiger partial charge in [-0.25, -0.2) is 4.98 Å². The second-order valence-electron chi connectivity index (χ2n) is 5.60. The maximum Gasteiger partial charge on any atom is 0.106 e. The van der Waals surface area contributed by atoms with Crippen LogP contribution in [0.15, 0.2) is 24.4 Å². The van der Waals surface area contributed by atoms with Gasteiger partial charge in [0.2, 0.25) is 0 Å². The van der Waals surface area contributed by atoms with Crippen LogP contribution in [-0.4, -0.2) is 16.0 Å². The molecular weight excluding hydrogens is 234 g/mol. The Morgan fingerprint density at radius 1 is 1.32 bits per heavy atom. The van der Waals surface area contributed by atoms with Crippen LogP contribution in [0.2, 0.25) is 0 Å². The van der Waals surface area contributed by atoms with Crippen LogP contribution >= 0.6 is 0 Å². The van der Waals surface area contributed by atoms with E-state index in [0.717, 1.165) is 24.4 Å². The number of hydrogen-bond acceptors (Lipinski definition) is 2. The van der Waals surface area contributed by atoms with Crippen molar-refractivity contribution in [3.05, 3.63) is 41.3 Å². The van der Waals surface area contributed by atoms with E-state index in [-0.39, 0.29) is 6.04 Å². The summed E-state index contributed by atoms with van der Waals surface area (Å²) in [6.07, 6.45) is 7.57. The molecule has 0 bridgehead atoms. The minimum atomic E-state index is 0.230. The summed E-state index contributed by atoms with van der Waals surface area (Å²) in [5, 5.41) is 0. The van der Waals surface area contributed by atoms with Crippen molar-refractivity contribution >= 4 is 0 Å². The van der Waals surface area contributed by atoms with Gasteiger partial charge in [-0.15, -0.1) is 0 Å². The molecule has 19 heavy (non-hydrogen) atoms. The molecule has 1 aliphatic rings. The molecule has 1 aliphatic carbocycles. The topological polar surface area (TPSA) is 54.7 Å². The fourth-order valence-corrected chi connectivity index (χ4v) is 2.74. The van der Waals surface area contributed by atoms with Gasteiger partial charge in [-0.3, -0.25) is 0 Å². The van der Waals surface area contributed by atoms with Crippen LogP contribution in [0.4, 0.5) is 0 Å². The molecule has 2 aromatic rings. The summed E-state index contributed by atoms with van der Waals surface area (Å²) in [4.78, 5) is 7.86. The van der Waals surface area contributed by atoms with Gasteiger partial charge in [-0.05, 0) is 55.4 Å². The Hall–Kier alpha value is -1.61. The van der Waals surface area contributed by atoms with Gasteiger partial charge in [0.1, 0.15) is 5.82 Å². The number of hydrogen-bond donors (Lipinski definition) is 2. The molecule has 3 nitrogen and oxygen atoms in total. The average Bonchev–Trinajstić information content (AvgIpc) is 3.04. The van der Waals surface area contributed by atoms with Crippen molar-refractivity contribution in [2.45, 2.75) is 45.1 Å². The van der Waals surface area contributed by atoms with Crippen molar-refractivity contribution in [1.82, 2.24) is 9.97 Å². The lowest BCUT2D eigenvalue weighted by Crippen LogP contribution is -2.15. The molecule has 100 valence electrons. The van der Waals surface area contributed by atoms with Gasteiger partial charge in [-0.1, -0.05) is 12.1 Å². The van der Waals surface area contributed by atoms with Crippen LogP contribution in [0, 0.1) is 0 Å². The maximum absolute atomic E-state index is 5.78. The Morgan fingerprint density at radius 2 is 2.16 bits per heavy atom. The van der Waals surface area contributed by atoms with Crippen molar-refractivity contribution in [3.63, 3.8) is 0 Å². The molecular formula is C16H21N3. The SMILES string of the molecule is CC(N)CCc1ncc(-c2ccc3c(c2)CCC3)[nH]1. The molecule has 1 aromatic carbocycles. The quantitative estimate of drug-likeness (QED) is 0.882. The lowest BCUT2D eigenvalue weighted by molar-refractivity contribution is 0.652. The Bertz CT molecular complexity index is 569. The number of imidazole rings is 1. The molecule has 1 atom stereocenters. The number of aromatic nitrogens is 2. The monoisotopic (exact) mass is 255 g/mol. The van der Waals surface area contributed by atoms with Crippen molar-refractivity contribution in [2.75, 3.05) is 0 Å². The molecule has 3 rings (SSSR count). The van der Waals surface area contributed by atoms with E-state index in [9.17, 15) is 0 Å². The number of nitrogens with two attached hydrogens (primary N) is 1. The third-order valence-electron chi connectivity index (χ3n) is 3.87.